The fourth-order valence-corrected chi connectivity index (χ4v) is 1.92. The Bertz CT molecular complexity index is 335. The molecule has 0 aliphatic carbocycles. The topological polar surface area (TPSA) is 18.5 Å². The molecule has 0 radical (unpaired) electrons. The van der Waals surface area contributed by atoms with E-state index >= 15 is 0 Å². The van der Waals surface area contributed by atoms with E-state index in [0.29, 0.717) is 12.5 Å². The molecule has 0 aromatic heterocycles. The van der Waals surface area contributed by atoms with E-state index in [4.69, 9.17) is 9.47 Å². The average Bonchev–Trinajstić information content (AvgIpc) is 2.39. The molecule has 0 fully saturated rings. The summed E-state index contributed by atoms with van der Waals surface area (Å²) < 4.78 is 11.1. The Morgan fingerprint density at radius 1 is 1.24 bits per heavy atom. The van der Waals surface area contributed by atoms with Crippen LogP contribution in [0, 0.1) is 5.92 Å². The van der Waals surface area contributed by atoms with Gasteiger partial charge in [-0.1, -0.05) is 19.9 Å². The van der Waals surface area contributed by atoms with Crippen molar-refractivity contribution in [1.82, 2.24) is 0 Å². The minimum absolute atomic E-state index is 0.494. The van der Waals surface area contributed by atoms with Gasteiger partial charge in [0.05, 0.1) is 13.7 Å². The van der Waals surface area contributed by atoms with Gasteiger partial charge in [0.15, 0.2) is 11.5 Å². The molecule has 0 saturated carbocycles. The van der Waals surface area contributed by atoms with Gasteiger partial charge in [-0.3, -0.25) is 0 Å². The zero-order chi connectivity index (χ0) is 12.7. The lowest BCUT2D eigenvalue weighted by Gasteiger charge is -2.16. The number of ether oxygens (including phenoxy) is 2. The molecule has 1 atom stereocenters. The van der Waals surface area contributed by atoms with Crippen molar-refractivity contribution in [3.05, 3.63) is 23.8 Å². The van der Waals surface area contributed by atoms with Crippen LogP contribution in [0.15, 0.2) is 18.2 Å². The van der Waals surface area contributed by atoms with Crippen LogP contribution in [-0.4, -0.2) is 19.5 Å². The SMILES string of the molecule is CCc1ccc(OCC(CC)CS)c(OC)c1. The van der Waals surface area contributed by atoms with E-state index in [1.54, 1.807) is 7.11 Å². The van der Waals surface area contributed by atoms with Crippen LogP contribution in [0.25, 0.3) is 0 Å². The van der Waals surface area contributed by atoms with Gasteiger partial charge in [0.1, 0.15) is 0 Å². The summed E-state index contributed by atoms with van der Waals surface area (Å²) in [7, 11) is 1.68. The molecular formula is C14H22O2S. The highest BCUT2D eigenvalue weighted by Gasteiger charge is 2.09. The molecule has 1 rings (SSSR count). The summed E-state index contributed by atoms with van der Waals surface area (Å²) in [6.45, 7) is 4.98. The fourth-order valence-electron chi connectivity index (χ4n) is 1.56. The van der Waals surface area contributed by atoms with Crippen molar-refractivity contribution in [2.45, 2.75) is 26.7 Å². The third-order valence-electron chi connectivity index (χ3n) is 2.95. The van der Waals surface area contributed by atoms with E-state index in [0.717, 1.165) is 30.1 Å². The summed E-state index contributed by atoms with van der Waals surface area (Å²) >= 11 is 4.31. The first-order valence-electron chi connectivity index (χ1n) is 6.15. The maximum absolute atomic E-state index is 5.80. The lowest BCUT2D eigenvalue weighted by atomic mass is 10.1. The second kappa shape index (κ2) is 7.49. The van der Waals surface area contributed by atoms with Gasteiger partial charge >= 0.3 is 0 Å². The first-order chi connectivity index (χ1) is 8.24. The first-order valence-corrected chi connectivity index (χ1v) is 6.78. The molecule has 17 heavy (non-hydrogen) atoms. The predicted molar refractivity (Wildman–Crippen MR) is 75.5 cm³/mol. The van der Waals surface area contributed by atoms with Gasteiger partial charge in [-0.05, 0) is 36.3 Å². The van der Waals surface area contributed by atoms with Crippen molar-refractivity contribution in [2.24, 2.45) is 5.92 Å². The maximum atomic E-state index is 5.80. The Kier molecular flexibility index (Phi) is 6.27. The van der Waals surface area contributed by atoms with E-state index < -0.39 is 0 Å². The van der Waals surface area contributed by atoms with Crippen molar-refractivity contribution in [1.29, 1.82) is 0 Å². The molecule has 0 spiro atoms. The zero-order valence-corrected chi connectivity index (χ0v) is 11.8. The second-order valence-corrected chi connectivity index (χ2v) is 4.47. The van der Waals surface area contributed by atoms with E-state index in [1.165, 1.54) is 5.56 Å². The molecule has 0 saturated heterocycles. The van der Waals surface area contributed by atoms with Crippen molar-refractivity contribution in [3.8, 4) is 11.5 Å². The molecule has 0 aliphatic heterocycles. The van der Waals surface area contributed by atoms with Crippen LogP contribution in [0.5, 0.6) is 11.5 Å². The Morgan fingerprint density at radius 2 is 2.00 bits per heavy atom. The summed E-state index contributed by atoms with van der Waals surface area (Å²) in [5.74, 6) is 2.99. The Hall–Kier alpha value is -0.830. The normalized spacial score (nSPS) is 12.2. The highest BCUT2D eigenvalue weighted by molar-refractivity contribution is 7.80. The Morgan fingerprint density at radius 3 is 2.53 bits per heavy atom. The van der Waals surface area contributed by atoms with Gasteiger partial charge in [0, 0.05) is 5.92 Å². The second-order valence-electron chi connectivity index (χ2n) is 4.11. The minimum atomic E-state index is 0.494. The number of rotatable bonds is 7. The van der Waals surface area contributed by atoms with Gasteiger partial charge in [0.2, 0.25) is 0 Å². The van der Waals surface area contributed by atoms with Gasteiger partial charge in [-0.2, -0.15) is 12.6 Å². The number of benzene rings is 1. The number of aryl methyl sites for hydroxylation is 1. The Balaban J connectivity index is 2.70. The molecule has 3 heteroatoms. The molecule has 1 unspecified atom stereocenters. The van der Waals surface area contributed by atoms with Gasteiger partial charge < -0.3 is 9.47 Å². The molecule has 0 N–H and O–H groups in total. The maximum Gasteiger partial charge on any atom is 0.161 e. The van der Waals surface area contributed by atoms with E-state index in [9.17, 15) is 0 Å². The van der Waals surface area contributed by atoms with Crippen molar-refractivity contribution in [3.63, 3.8) is 0 Å². The highest BCUT2D eigenvalue weighted by atomic mass is 32.1. The number of thiol groups is 1. The summed E-state index contributed by atoms with van der Waals surface area (Å²) in [5.41, 5.74) is 1.26. The van der Waals surface area contributed by atoms with Crippen molar-refractivity contribution >= 4 is 12.6 Å². The summed E-state index contributed by atoms with van der Waals surface area (Å²) in [6, 6.07) is 6.11. The van der Waals surface area contributed by atoms with Crippen LogP contribution < -0.4 is 9.47 Å². The standard InChI is InChI=1S/C14H22O2S/c1-4-11-6-7-13(14(8-11)15-3)16-9-12(5-2)10-17/h6-8,12,17H,4-5,9-10H2,1-3H3. The molecule has 0 bridgehead atoms. The molecule has 1 aromatic rings. The van der Waals surface area contributed by atoms with Crippen LogP contribution in [0.1, 0.15) is 25.8 Å². The molecule has 0 amide bonds. The first kappa shape index (κ1) is 14.2. The summed E-state index contributed by atoms with van der Waals surface area (Å²) in [4.78, 5) is 0. The predicted octanol–water partition coefficient (Wildman–Crippen LogP) is 3.59. The molecule has 0 heterocycles. The summed E-state index contributed by atoms with van der Waals surface area (Å²) in [5, 5.41) is 0. The van der Waals surface area contributed by atoms with E-state index in [2.05, 4.69) is 32.5 Å². The fraction of sp³-hybridized carbons (Fsp3) is 0.571. The monoisotopic (exact) mass is 254 g/mol. The summed E-state index contributed by atoms with van der Waals surface area (Å²) in [6.07, 6.45) is 2.09. The van der Waals surface area contributed by atoms with Crippen LogP contribution in [0.4, 0.5) is 0 Å². The van der Waals surface area contributed by atoms with Crippen molar-refractivity contribution in [2.75, 3.05) is 19.5 Å². The Labute approximate surface area is 110 Å². The van der Waals surface area contributed by atoms with Gasteiger partial charge in [-0.15, -0.1) is 0 Å². The number of hydrogen-bond acceptors (Lipinski definition) is 3. The zero-order valence-electron chi connectivity index (χ0n) is 10.9. The quantitative estimate of drug-likeness (QED) is 0.750. The molecule has 1 aromatic carbocycles. The van der Waals surface area contributed by atoms with Crippen molar-refractivity contribution < 1.29 is 9.47 Å². The number of methoxy groups -OCH3 is 1. The highest BCUT2D eigenvalue weighted by Crippen LogP contribution is 2.28. The number of hydrogen-bond donors (Lipinski definition) is 1. The van der Waals surface area contributed by atoms with E-state index in [-0.39, 0.29) is 0 Å². The van der Waals surface area contributed by atoms with Gasteiger partial charge in [0.25, 0.3) is 0 Å². The van der Waals surface area contributed by atoms with Crippen LogP contribution in [0.3, 0.4) is 0 Å². The smallest absolute Gasteiger partial charge is 0.161 e. The van der Waals surface area contributed by atoms with Crippen LogP contribution in [0.2, 0.25) is 0 Å². The lowest BCUT2D eigenvalue weighted by Crippen LogP contribution is -2.13. The lowest BCUT2D eigenvalue weighted by molar-refractivity contribution is 0.247. The largest absolute Gasteiger partial charge is 0.493 e. The minimum Gasteiger partial charge on any atom is -0.493 e. The third kappa shape index (κ3) is 4.15. The van der Waals surface area contributed by atoms with Crippen LogP contribution in [-0.2, 0) is 6.42 Å². The molecule has 96 valence electrons. The molecular weight excluding hydrogens is 232 g/mol. The van der Waals surface area contributed by atoms with Crippen LogP contribution >= 0.6 is 12.6 Å². The molecule has 0 aliphatic rings. The average molecular weight is 254 g/mol. The third-order valence-corrected chi connectivity index (χ3v) is 3.46. The van der Waals surface area contributed by atoms with Gasteiger partial charge in [-0.25, -0.2) is 0 Å². The van der Waals surface area contributed by atoms with E-state index in [1.807, 2.05) is 12.1 Å². The molecule has 2 nitrogen and oxygen atoms in total.